The molecule has 1 aromatic carbocycles. The molecule has 25 heavy (non-hydrogen) atoms. The highest BCUT2D eigenvalue weighted by Gasteiger charge is 2.35. The number of hydrogen-bond acceptors (Lipinski definition) is 6. The molecular weight excluding hydrogens is 365 g/mol. The summed E-state index contributed by atoms with van der Waals surface area (Å²) in [6, 6.07) is 5.00. The molecule has 0 spiro atoms. The average molecular weight is 378 g/mol. The lowest BCUT2D eigenvalue weighted by Crippen LogP contribution is -2.52. The second-order valence-corrected chi connectivity index (χ2v) is 6.62. The predicted octanol–water partition coefficient (Wildman–Crippen LogP) is 2.14. The average Bonchev–Trinajstić information content (AvgIpc) is 2.92. The highest BCUT2D eigenvalue weighted by atomic mass is 35.5. The van der Waals surface area contributed by atoms with Crippen molar-refractivity contribution in [2.75, 3.05) is 23.3 Å². The maximum Gasteiger partial charge on any atom is 0.231 e. The summed E-state index contributed by atoms with van der Waals surface area (Å²) in [5, 5.41) is 11.8. The number of carbonyl (C=O) groups excluding carboxylic acids is 1. The minimum atomic E-state index is -0.142. The summed E-state index contributed by atoms with van der Waals surface area (Å²) in [5.41, 5.74) is 1.92. The van der Waals surface area contributed by atoms with E-state index in [1.807, 2.05) is 4.90 Å². The maximum absolute atomic E-state index is 12.4. The largest absolute Gasteiger partial charge is 0.353 e. The van der Waals surface area contributed by atoms with E-state index in [2.05, 4.69) is 25.6 Å². The lowest BCUT2D eigenvalue weighted by atomic mass is 9.99. The van der Waals surface area contributed by atoms with E-state index in [0.29, 0.717) is 45.8 Å². The van der Waals surface area contributed by atoms with Gasteiger partial charge in [-0.1, -0.05) is 28.4 Å². The minimum absolute atomic E-state index is 0.0703. The molecule has 0 saturated carbocycles. The van der Waals surface area contributed by atoms with Gasteiger partial charge in [-0.15, -0.1) is 5.10 Å². The fourth-order valence-corrected chi connectivity index (χ4v) is 3.01. The fourth-order valence-electron chi connectivity index (χ4n) is 2.71. The summed E-state index contributed by atoms with van der Waals surface area (Å²) in [6.07, 6.45) is 1.48. The number of amides is 1. The van der Waals surface area contributed by atoms with Crippen molar-refractivity contribution in [3.8, 4) is 0 Å². The Morgan fingerprint density at radius 1 is 1.24 bits per heavy atom. The zero-order chi connectivity index (χ0) is 17.6. The highest BCUT2D eigenvalue weighted by molar-refractivity contribution is 6.42. The van der Waals surface area contributed by atoms with Crippen molar-refractivity contribution in [1.82, 2.24) is 25.0 Å². The van der Waals surface area contributed by atoms with Gasteiger partial charge in [-0.25, -0.2) is 14.6 Å². The number of benzene rings is 1. The van der Waals surface area contributed by atoms with E-state index in [-0.39, 0.29) is 11.8 Å². The minimum Gasteiger partial charge on any atom is -0.353 e. The fraction of sp³-hybridized carbons (Fsp3) is 0.267. The second-order valence-electron chi connectivity index (χ2n) is 5.80. The molecule has 2 aromatic heterocycles. The first-order chi connectivity index (χ1) is 12.0. The summed E-state index contributed by atoms with van der Waals surface area (Å²) in [4.78, 5) is 22.8. The molecule has 1 fully saturated rings. The van der Waals surface area contributed by atoms with Crippen LogP contribution in [0, 0.1) is 5.92 Å². The summed E-state index contributed by atoms with van der Waals surface area (Å²) in [5.74, 6) is 0.479. The van der Waals surface area contributed by atoms with Crippen molar-refractivity contribution in [2.45, 2.75) is 0 Å². The smallest absolute Gasteiger partial charge is 0.231 e. The Hall–Kier alpha value is -2.45. The molecular formula is C15H13Cl2N7O. The van der Waals surface area contributed by atoms with E-state index in [0.717, 1.165) is 0 Å². The molecule has 10 heteroatoms. The highest BCUT2D eigenvalue weighted by Crippen LogP contribution is 2.29. The number of carbonyl (C=O) groups is 1. The van der Waals surface area contributed by atoms with Crippen LogP contribution < -0.4 is 10.2 Å². The van der Waals surface area contributed by atoms with Gasteiger partial charge in [-0.3, -0.25) is 4.79 Å². The Kier molecular flexibility index (Phi) is 3.93. The van der Waals surface area contributed by atoms with Gasteiger partial charge in [0.1, 0.15) is 6.33 Å². The molecule has 0 unspecified atom stereocenters. The van der Waals surface area contributed by atoms with Gasteiger partial charge in [0.15, 0.2) is 17.0 Å². The van der Waals surface area contributed by atoms with Gasteiger partial charge in [-0.2, -0.15) is 0 Å². The van der Waals surface area contributed by atoms with Crippen molar-refractivity contribution in [1.29, 1.82) is 0 Å². The van der Waals surface area contributed by atoms with Gasteiger partial charge in [0.2, 0.25) is 5.91 Å². The Labute approximate surface area is 152 Å². The standard InChI is InChI=1S/C15H13Cl2N7O/c1-23-13-12(21-22-23)14(19-7-18-13)24-5-8(6-24)15(25)20-9-2-3-10(16)11(17)4-9/h2-4,7-8H,5-6H2,1H3,(H,20,25). The van der Waals surface area contributed by atoms with Gasteiger partial charge in [0.05, 0.1) is 16.0 Å². The Morgan fingerprint density at radius 2 is 2.04 bits per heavy atom. The van der Waals surface area contributed by atoms with Crippen LogP contribution in [-0.2, 0) is 11.8 Å². The lowest BCUT2D eigenvalue weighted by Gasteiger charge is -2.38. The van der Waals surface area contributed by atoms with Crippen LogP contribution in [0.5, 0.6) is 0 Å². The number of nitrogens with one attached hydrogen (secondary N) is 1. The molecule has 1 amide bonds. The zero-order valence-electron chi connectivity index (χ0n) is 13.1. The third-order valence-electron chi connectivity index (χ3n) is 4.11. The topological polar surface area (TPSA) is 88.8 Å². The monoisotopic (exact) mass is 377 g/mol. The number of fused-ring (bicyclic) bond motifs is 1. The van der Waals surface area contributed by atoms with Crippen molar-refractivity contribution >= 4 is 51.8 Å². The molecule has 3 heterocycles. The normalized spacial score (nSPS) is 14.6. The van der Waals surface area contributed by atoms with E-state index in [4.69, 9.17) is 23.2 Å². The number of halogens is 2. The Bertz CT molecular complexity index is 968. The van der Waals surface area contributed by atoms with E-state index >= 15 is 0 Å². The van der Waals surface area contributed by atoms with Gasteiger partial charge < -0.3 is 10.2 Å². The molecule has 1 N–H and O–H groups in total. The van der Waals surface area contributed by atoms with Crippen molar-refractivity contribution < 1.29 is 4.79 Å². The summed E-state index contributed by atoms with van der Waals surface area (Å²) < 4.78 is 1.59. The molecule has 0 atom stereocenters. The van der Waals surface area contributed by atoms with Gasteiger partial charge in [0, 0.05) is 25.8 Å². The van der Waals surface area contributed by atoms with Crippen LogP contribution in [0.2, 0.25) is 10.0 Å². The van der Waals surface area contributed by atoms with Crippen LogP contribution in [0.4, 0.5) is 11.5 Å². The third kappa shape index (κ3) is 2.87. The molecule has 0 bridgehead atoms. The third-order valence-corrected chi connectivity index (χ3v) is 4.85. The van der Waals surface area contributed by atoms with Crippen molar-refractivity contribution in [2.24, 2.45) is 13.0 Å². The maximum atomic E-state index is 12.4. The van der Waals surface area contributed by atoms with Crippen molar-refractivity contribution in [3.63, 3.8) is 0 Å². The number of hydrogen-bond donors (Lipinski definition) is 1. The molecule has 4 rings (SSSR count). The molecule has 1 saturated heterocycles. The van der Waals surface area contributed by atoms with Crippen molar-refractivity contribution in [3.05, 3.63) is 34.6 Å². The quantitative estimate of drug-likeness (QED) is 0.751. The summed E-state index contributed by atoms with van der Waals surface area (Å²) in [7, 11) is 1.77. The molecule has 1 aliphatic heterocycles. The molecule has 1 aliphatic rings. The summed E-state index contributed by atoms with van der Waals surface area (Å²) >= 11 is 11.8. The zero-order valence-corrected chi connectivity index (χ0v) is 14.7. The van der Waals surface area contributed by atoms with E-state index < -0.39 is 0 Å². The van der Waals surface area contributed by atoms with Crippen LogP contribution in [-0.4, -0.2) is 44.0 Å². The molecule has 0 radical (unpaired) electrons. The van der Waals surface area contributed by atoms with Gasteiger partial charge >= 0.3 is 0 Å². The van der Waals surface area contributed by atoms with Crippen LogP contribution in [0.15, 0.2) is 24.5 Å². The first kappa shape index (κ1) is 16.0. The summed E-state index contributed by atoms with van der Waals surface area (Å²) in [6.45, 7) is 1.10. The first-order valence-electron chi connectivity index (χ1n) is 7.54. The van der Waals surface area contributed by atoms with Crippen LogP contribution >= 0.6 is 23.2 Å². The van der Waals surface area contributed by atoms with E-state index in [1.54, 1.807) is 29.9 Å². The second kappa shape index (κ2) is 6.12. The van der Waals surface area contributed by atoms with Crippen LogP contribution in [0.1, 0.15) is 0 Å². The number of nitrogens with zero attached hydrogens (tertiary/aromatic N) is 6. The number of aryl methyl sites for hydroxylation is 1. The molecule has 0 aliphatic carbocycles. The molecule has 8 nitrogen and oxygen atoms in total. The number of aromatic nitrogens is 5. The Balaban J connectivity index is 1.44. The van der Waals surface area contributed by atoms with Gasteiger partial charge in [-0.05, 0) is 18.2 Å². The lowest BCUT2D eigenvalue weighted by molar-refractivity contribution is -0.120. The van der Waals surface area contributed by atoms with E-state index in [9.17, 15) is 4.79 Å². The predicted molar refractivity (Wildman–Crippen MR) is 94.9 cm³/mol. The SMILES string of the molecule is Cn1nnc2c(N3CC(C(=O)Nc4ccc(Cl)c(Cl)c4)C3)ncnc21. The molecule has 3 aromatic rings. The van der Waals surface area contributed by atoms with Gasteiger partial charge in [0.25, 0.3) is 0 Å². The number of anilines is 2. The molecule has 128 valence electrons. The first-order valence-corrected chi connectivity index (χ1v) is 8.30. The van der Waals surface area contributed by atoms with Crippen LogP contribution in [0.3, 0.4) is 0 Å². The van der Waals surface area contributed by atoms with Crippen LogP contribution in [0.25, 0.3) is 11.2 Å². The Morgan fingerprint density at radius 3 is 2.80 bits per heavy atom. The van der Waals surface area contributed by atoms with E-state index in [1.165, 1.54) is 6.33 Å². The number of rotatable bonds is 3.